The fourth-order valence-corrected chi connectivity index (χ4v) is 2.83. The molecule has 0 bridgehead atoms. The number of hydrogen-bond donors (Lipinski definition) is 0. The summed E-state index contributed by atoms with van der Waals surface area (Å²) in [6, 6.07) is 8.60. The Bertz CT molecular complexity index is 630. The van der Waals surface area contributed by atoms with E-state index >= 15 is 0 Å². The third kappa shape index (κ3) is 2.10. The van der Waals surface area contributed by atoms with Gasteiger partial charge < -0.3 is 0 Å². The first-order valence-corrected chi connectivity index (χ1v) is 6.77. The maximum Gasteiger partial charge on any atom is 0.186 e. The number of hydrogen-bond acceptors (Lipinski definition) is 4. The van der Waals surface area contributed by atoms with E-state index in [-0.39, 0.29) is 23.8 Å². The first-order chi connectivity index (χ1) is 9.70. The van der Waals surface area contributed by atoms with Gasteiger partial charge in [0.25, 0.3) is 0 Å². The number of nitrogens with zero attached hydrogens (tertiary/aromatic N) is 3. The molecule has 0 saturated carbocycles. The quantitative estimate of drug-likeness (QED) is 0.785. The number of fused-ring (bicyclic) bond motifs is 1. The molecule has 1 aromatic rings. The maximum absolute atomic E-state index is 12.6. The van der Waals surface area contributed by atoms with Crippen LogP contribution in [0.2, 0.25) is 5.02 Å². The zero-order chi connectivity index (χ0) is 14.1. The van der Waals surface area contributed by atoms with Crippen LogP contribution in [-0.4, -0.2) is 29.1 Å². The van der Waals surface area contributed by atoms with Crippen LogP contribution in [0.4, 0.5) is 0 Å². The molecular formula is C15H12ClN3O. The molecule has 1 saturated heterocycles. The lowest BCUT2D eigenvalue weighted by Crippen LogP contribution is -2.37. The molecule has 4 nitrogen and oxygen atoms in total. The van der Waals surface area contributed by atoms with Gasteiger partial charge in [0, 0.05) is 16.8 Å². The predicted octanol–water partition coefficient (Wildman–Crippen LogP) is 2.66. The van der Waals surface area contributed by atoms with E-state index in [2.05, 4.69) is 11.2 Å². The van der Waals surface area contributed by atoms with E-state index < -0.39 is 0 Å². The lowest BCUT2D eigenvalue weighted by molar-refractivity contribution is 0.0853. The second-order valence-electron chi connectivity index (χ2n) is 4.88. The molecule has 2 aliphatic heterocycles. The lowest BCUT2D eigenvalue weighted by atomic mass is 9.97. The Balaban J connectivity index is 1.89. The molecule has 0 N–H and O–H groups in total. The maximum atomic E-state index is 12.6. The minimum absolute atomic E-state index is 0.0168. The largest absolute Gasteiger partial charge is 0.292 e. The van der Waals surface area contributed by atoms with Crippen molar-refractivity contribution in [3.05, 3.63) is 47.0 Å². The van der Waals surface area contributed by atoms with Crippen LogP contribution >= 0.6 is 11.6 Å². The fourth-order valence-electron chi connectivity index (χ4n) is 2.70. The molecule has 20 heavy (non-hydrogen) atoms. The zero-order valence-electron chi connectivity index (χ0n) is 10.6. The molecule has 2 aliphatic rings. The molecule has 100 valence electrons. The summed E-state index contributed by atoms with van der Waals surface area (Å²) in [6.07, 6.45) is 5.90. The van der Waals surface area contributed by atoms with Crippen molar-refractivity contribution in [2.24, 2.45) is 11.0 Å². The van der Waals surface area contributed by atoms with Crippen molar-refractivity contribution in [3.8, 4) is 6.07 Å². The standard InChI is InChI=1S/C15H12ClN3O/c16-12-5-3-10(4-6-12)15(20)14-8-11(9-17)13-2-1-7-18-19(13)14/h1-7,11,13-14H,8H2/t11-,13+,14+/m1/s1. The Kier molecular flexibility index (Phi) is 3.29. The summed E-state index contributed by atoms with van der Waals surface area (Å²) < 4.78 is 0. The lowest BCUT2D eigenvalue weighted by Gasteiger charge is -2.26. The second-order valence-corrected chi connectivity index (χ2v) is 5.31. The van der Waals surface area contributed by atoms with E-state index in [1.807, 2.05) is 12.2 Å². The number of benzene rings is 1. The number of hydrazone groups is 1. The Labute approximate surface area is 121 Å². The van der Waals surface area contributed by atoms with Gasteiger partial charge in [0.15, 0.2) is 5.78 Å². The van der Waals surface area contributed by atoms with Crippen LogP contribution in [0.5, 0.6) is 0 Å². The summed E-state index contributed by atoms with van der Waals surface area (Å²) in [4.78, 5) is 12.6. The molecule has 1 aromatic carbocycles. The van der Waals surface area contributed by atoms with Gasteiger partial charge in [-0.3, -0.25) is 9.80 Å². The number of rotatable bonds is 2. The van der Waals surface area contributed by atoms with E-state index in [1.54, 1.807) is 35.5 Å². The molecule has 0 aromatic heterocycles. The summed E-state index contributed by atoms with van der Waals surface area (Å²) in [5.74, 6) is -0.221. The van der Waals surface area contributed by atoms with Crippen molar-refractivity contribution in [3.63, 3.8) is 0 Å². The Morgan fingerprint density at radius 1 is 1.40 bits per heavy atom. The fraction of sp³-hybridized carbons (Fsp3) is 0.267. The van der Waals surface area contributed by atoms with E-state index in [1.165, 1.54) is 0 Å². The van der Waals surface area contributed by atoms with Crippen LogP contribution in [-0.2, 0) is 0 Å². The highest BCUT2D eigenvalue weighted by atomic mass is 35.5. The summed E-state index contributed by atoms with van der Waals surface area (Å²) in [5, 5.41) is 15.8. The Morgan fingerprint density at radius 2 is 2.15 bits per heavy atom. The van der Waals surface area contributed by atoms with E-state index in [4.69, 9.17) is 11.6 Å². The highest BCUT2D eigenvalue weighted by Gasteiger charge is 2.43. The van der Waals surface area contributed by atoms with Gasteiger partial charge in [0.05, 0.1) is 18.0 Å². The monoisotopic (exact) mass is 285 g/mol. The Hall–Kier alpha value is -2.12. The van der Waals surface area contributed by atoms with Crippen molar-refractivity contribution in [2.45, 2.75) is 18.5 Å². The molecule has 5 heteroatoms. The summed E-state index contributed by atoms with van der Waals surface area (Å²) >= 11 is 5.83. The topological polar surface area (TPSA) is 56.5 Å². The first kappa shape index (κ1) is 12.9. The van der Waals surface area contributed by atoms with Crippen molar-refractivity contribution in [1.82, 2.24) is 5.01 Å². The average molecular weight is 286 g/mol. The number of allylic oxidation sites excluding steroid dienone is 1. The summed E-state index contributed by atoms with van der Waals surface area (Å²) in [7, 11) is 0. The van der Waals surface area contributed by atoms with Gasteiger partial charge in [-0.05, 0) is 36.8 Å². The highest BCUT2D eigenvalue weighted by molar-refractivity contribution is 6.30. The third-order valence-electron chi connectivity index (χ3n) is 3.71. The molecule has 0 aliphatic carbocycles. The summed E-state index contributed by atoms with van der Waals surface area (Å²) in [6.45, 7) is 0. The molecule has 2 heterocycles. The molecule has 3 atom stereocenters. The number of carbonyl (C=O) groups excluding carboxylic acids is 1. The van der Waals surface area contributed by atoms with Gasteiger partial charge in [0.2, 0.25) is 0 Å². The minimum atomic E-state index is -0.382. The number of Topliss-reactive ketones (excluding diaryl/α,β-unsaturated/α-hetero) is 1. The number of carbonyl (C=O) groups is 1. The van der Waals surface area contributed by atoms with E-state index in [0.717, 1.165) is 0 Å². The molecule has 3 rings (SSSR count). The number of ketones is 1. The smallest absolute Gasteiger partial charge is 0.186 e. The van der Waals surface area contributed by atoms with Gasteiger partial charge in [-0.15, -0.1) is 0 Å². The number of nitriles is 1. The second kappa shape index (κ2) is 5.10. The van der Waals surface area contributed by atoms with Gasteiger partial charge in [0.1, 0.15) is 6.04 Å². The molecule has 0 spiro atoms. The number of halogens is 1. The van der Waals surface area contributed by atoms with E-state index in [0.29, 0.717) is 17.0 Å². The van der Waals surface area contributed by atoms with Crippen LogP contribution in [0.3, 0.4) is 0 Å². The molecule has 1 fully saturated rings. The highest BCUT2D eigenvalue weighted by Crippen LogP contribution is 2.33. The third-order valence-corrected chi connectivity index (χ3v) is 3.96. The predicted molar refractivity (Wildman–Crippen MR) is 76.5 cm³/mol. The van der Waals surface area contributed by atoms with Crippen LogP contribution in [0.1, 0.15) is 16.8 Å². The van der Waals surface area contributed by atoms with Gasteiger partial charge in [-0.1, -0.05) is 17.7 Å². The van der Waals surface area contributed by atoms with Crippen LogP contribution in [0.15, 0.2) is 41.5 Å². The van der Waals surface area contributed by atoms with Gasteiger partial charge in [-0.25, -0.2) is 0 Å². The summed E-state index contributed by atoms with van der Waals surface area (Å²) in [5.41, 5.74) is 0.599. The van der Waals surface area contributed by atoms with Crippen molar-refractivity contribution >= 4 is 23.6 Å². The molecule has 0 radical (unpaired) electrons. The van der Waals surface area contributed by atoms with Crippen LogP contribution in [0.25, 0.3) is 0 Å². The van der Waals surface area contributed by atoms with E-state index in [9.17, 15) is 10.1 Å². The van der Waals surface area contributed by atoms with Crippen LogP contribution in [0, 0.1) is 17.2 Å². The molecule has 0 amide bonds. The SMILES string of the molecule is N#C[C@H]1C[C@@H](C(=O)c2ccc(Cl)cc2)N2N=CC=C[C@@H]12. The molecular weight excluding hydrogens is 274 g/mol. The Morgan fingerprint density at radius 3 is 2.85 bits per heavy atom. The average Bonchev–Trinajstić information content (AvgIpc) is 2.86. The van der Waals surface area contributed by atoms with Gasteiger partial charge in [-0.2, -0.15) is 10.4 Å². The molecule has 0 unspecified atom stereocenters. The first-order valence-electron chi connectivity index (χ1n) is 6.39. The van der Waals surface area contributed by atoms with Crippen molar-refractivity contribution in [1.29, 1.82) is 5.26 Å². The zero-order valence-corrected chi connectivity index (χ0v) is 11.4. The minimum Gasteiger partial charge on any atom is -0.292 e. The van der Waals surface area contributed by atoms with Crippen molar-refractivity contribution in [2.75, 3.05) is 0 Å². The van der Waals surface area contributed by atoms with Gasteiger partial charge >= 0.3 is 0 Å². The van der Waals surface area contributed by atoms with Crippen molar-refractivity contribution < 1.29 is 4.79 Å². The van der Waals surface area contributed by atoms with Crippen LogP contribution < -0.4 is 0 Å². The normalized spacial score (nSPS) is 27.2.